The summed E-state index contributed by atoms with van der Waals surface area (Å²) in [4.78, 5) is 15.8. The first-order valence-electron chi connectivity index (χ1n) is 6.07. The van der Waals surface area contributed by atoms with Crippen molar-refractivity contribution in [2.75, 3.05) is 20.1 Å². The van der Waals surface area contributed by atoms with E-state index in [9.17, 15) is 4.79 Å². The molecule has 0 radical (unpaired) electrons. The van der Waals surface area contributed by atoms with Gasteiger partial charge in [-0.15, -0.1) is 0 Å². The minimum atomic E-state index is -0.0549. The topological polar surface area (TPSA) is 23.6 Å². The van der Waals surface area contributed by atoms with E-state index >= 15 is 0 Å². The Morgan fingerprint density at radius 3 is 2.41 bits per heavy atom. The van der Waals surface area contributed by atoms with Crippen LogP contribution in [0.3, 0.4) is 0 Å². The number of likely N-dealkylation sites (N-methyl/N-ethyl adjacent to an activating group) is 1. The van der Waals surface area contributed by atoms with Gasteiger partial charge in [0.05, 0.1) is 5.54 Å². The van der Waals surface area contributed by atoms with Crippen molar-refractivity contribution in [3.8, 4) is 0 Å². The van der Waals surface area contributed by atoms with E-state index in [0.717, 1.165) is 19.5 Å². The molecule has 1 saturated heterocycles. The van der Waals surface area contributed by atoms with Gasteiger partial charge in [0.25, 0.3) is 0 Å². The predicted octanol–water partition coefficient (Wildman–Crippen LogP) is 2.38. The molecule has 1 heterocycles. The Bertz CT molecular complexity index is 400. The van der Waals surface area contributed by atoms with Crippen LogP contribution in [0.25, 0.3) is 0 Å². The smallest absolute Gasteiger partial charge is 0.320 e. The fourth-order valence-corrected chi connectivity index (χ4v) is 2.48. The third-order valence-corrected chi connectivity index (χ3v) is 3.38. The summed E-state index contributed by atoms with van der Waals surface area (Å²) in [5.41, 5.74) is 1.23. The van der Waals surface area contributed by atoms with E-state index in [0.29, 0.717) is 0 Å². The van der Waals surface area contributed by atoms with Gasteiger partial charge in [0, 0.05) is 20.1 Å². The number of rotatable bonds is 3. The number of hydrogen-bond donors (Lipinski definition) is 0. The fraction of sp³-hybridized carbons (Fsp3) is 0.500. The van der Waals surface area contributed by atoms with E-state index in [1.54, 1.807) is 4.90 Å². The van der Waals surface area contributed by atoms with Crippen LogP contribution in [-0.2, 0) is 6.42 Å². The number of hydrogen-bond acceptors (Lipinski definition) is 1. The van der Waals surface area contributed by atoms with Crippen molar-refractivity contribution in [3.63, 3.8) is 0 Å². The van der Waals surface area contributed by atoms with Gasteiger partial charge >= 0.3 is 6.03 Å². The van der Waals surface area contributed by atoms with Gasteiger partial charge in [0.15, 0.2) is 0 Å². The van der Waals surface area contributed by atoms with Gasteiger partial charge in [0.2, 0.25) is 0 Å². The zero-order valence-electron chi connectivity index (χ0n) is 10.8. The van der Waals surface area contributed by atoms with Crippen LogP contribution in [0.15, 0.2) is 30.3 Å². The van der Waals surface area contributed by atoms with Crippen LogP contribution in [0.4, 0.5) is 4.79 Å². The number of amides is 2. The zero-order chi connectivity index (χ0) is 12.5. The number of nitrogens with zero attached hydrogens (tertiary/aromatic N) is 2. The van der Waals surface area contributed by atoms with E-state index in [1.165, 1.54) is 5.56 Å². The molecular weight excluding hydrogens is 212 g/mol. The third-order valence-electron chi connectivity index (χ3n) is 3.38. The third kappa shape index (κ3) is 2.43. The van der Waals surface area contributed by atoms with E-state index in [-0.39, 0.29) is 11.6 Å². The minimum absolute atomic E-state index is 0.0549. The van der Waals surface area contributed by atoms with Crippen LogP contribution in [0.1, 0.15) is 19.4 Å². The first kappa shape index (κ1) is 12.0. The highest BCUT2D eigenvalue weighted by Gasteiger charge is 2.40. The van der Waals surface area contributed by atoms with Gasteiger partial charge in [-0.25, -0.2) is 4.79 Å². The van der Waals surface area contributed by atoms with Crippen LogP contribution in [0.5, 0.6) is 0 Å². The summed E-state index contributed by atoms with van der Waals surface area (Å²) < 4.78 is 0. The van der Waals surface area contributed by atoms with Crippen molar-refractivity contribution < 1.29 is 4.79 Å². The first-order chi connectivity index (χ1) is 8.00. The molecule has 2 amide bonds. The SMILES string of the molecule is CN1CC(C)(C)N(CCc2ccccc2)C1=O. The average molecular weight is 232 g/mol. The second-order valence-electron chi connectivity index (χ2n) is 5.34. The van der Waals surface area contributed by atoms with Gasteiger partial charge in [-0.1, -0.05) is 30.3 Å². The maximum Gasteiger partial charge on any atom is 0.320 e. The minimum Gasteiger partial charge on any atom is -0.325 e. The molecule has 0 saturated carbocycles. The lowest BCUT2D eigenvalue weighted by molar-refractivity contribution is 0.174. The zero-order valence-corrected chi connectivity index (χ0v) is 10.8. The largest absolute Gasteiger partial charge is 0.325 e. The van der Waals surface area contributed by atoms with Crippen molar-refractivity contribution in [2.45, 2.75) is 25.8 Å². The molecule has 0 aromatic heterocycles. The fourth-order valence-electron chi connectivity index (χ4n) is 2.48. The van der Waals surface area contributed by atoms with Crippen LogP contribution in [0.2, 0.25) is 0 Å². The molecule has 3 nitrogen and oxygen atoms in total. The molecule has 17 heavy (non-hydrogen) atoms. The number of urea groups is 1. The van der Waals surface area contributed by atoms with Crippen molar-refractivity contribution >= 4 is 6.03 Å². The normalized spacial score (nSPS) is 18.9. The summed E-state index contributed by atoms with van der Waals surface area (Å²) >= 11 is 0. The molecule has 1 aliphatic heterocycles. The summed E-state index contributed by atoms with van der Waals surface area (Å²) in [5.74, 6) is 0. The molecule has 0 atom stereocenters. The van der Waals surface area contributed by atoms with E-state index in [4.69, 9.17) is 0 Å². The van der Waals surface area contributed by atoms with E-state index < -0.39 is 0 Å². The molecule has 0 spiro atoms. The van der Waals surface area contributed by atoms with E-state index in [1.807, 2.05) is 30.1 Å². The van der Waals surface area contributed by atoms with Crippen molar-refractivity contribution in [1.82, 2.24) is 9.80 Å². The molecule has 3 heteroatoms. The molecule has 0 N–H and O–H groups in total. The van der Waals surface area contributed by atoms with Crippen LogP contribution in [0, 0.1) is 0 Å². The van der Waals surface area contributed by atoms with Crippen LogP contribution < -0.4 is 0 Å². The second kappa shape index (κ2) is 4.40. The molecule has 1 aromatic rings. The molecule has 1 aliphatic rings. The number of benzene rings is 1. The number of carbonyl (C=O) groups is 1. The number of carbonyl (C=O) groups excluding carboxylic acids is 1. The Kier molecular flexibility index (Phi) is 3.09. The Morgan fingerprint density at radius 2 is 1.88 bits per heavy atom. The monoisotopic (exact) mass is 232 g/mol. The Hall–Kier alpha value is -1.51. The van der Waals surface area contributed by atoms with Crippen LogP contribution >= 0.6 is 0 Å². The summed E-state index contributed by atoms with van der Waals surface area (Å²) in [5, 5.41) is 0. The molecule has 1 fully saturated rings. The van der Waals surface area contributed by atoms with Gasteiger partial charge < -0.3 is 9.80 Å². The summed E-state index contributed by atoms with van der Waals surface area (Å²) in [6.07, 6.45) is 0.920. The van der Waals surface area contributed by atoms with E-state index in [2.05, 4.69) is 26.0 Å². The Morgan fingerprint density at radius 1 is 1.24 bits per heavy atom. The van der Waals surface area contributed by atoms with Crippen molar-refractivity contribution in [3.05, 3.63) is 35.9 Å². The standard InChI is InChI=1S/C14H20N2O/c1-14(2)11-15(3)13(17)16(14)10-9-12-7-5-4-6-8-12/h4-8H,9-11H2,1-3H3. The summed E-state index contributed by atoms with van der Waals surface area (Å²) in [6.45, 7) is 5.85. The van der Waals surface area contributed by atoms with Gasteiger partial charge in [-0.3, -0.25) is 0 Å². The van der Waals surface area contributed by atoms with Gasteiger partial charge in [0.1, 0.15) is 0 Å². The molecular formula is C14H20N2O. The highest BCUT2D eigenvalue weighted by Crippen LogP contribution is 2.24. The molecule has 0 aliphatic carbocycles. The Balaban J connectivity index is 2.02. The highest BCUT2D eigenvalue weighted by atomic mass is 16.2. The molecule has 92 valence electrons. The second-order valence-corrected chi connectivity index (χ2v) is 5.34. The molecule has 1 aromatic carbocycles. The van der Waals surface area contributed by atoms with Gasteiger partial charge in [-0.05, 0) is 25.8 Å². The molecule has 0 unspecified atom stereocenters. The van der Waals surface area contributed by atoms with Crippen molar-refractivity contribution in [2.24, 2.45) is 0 Å². The lowest BCUT2D eigenvalue weighted by atomic mass is 10.0. The Labute approximate surface area is 103 Å². The quantitative estimate of drug-likeness (QED) is 0.785. The van der Waals surface area contributed by atoms with Crippen molar-refractivity contribution in [1.29, 1.82) is 0 Å². The predicted molar refractivity (Wildman–Crippen MR) is 69.0 cm³/mol. The highest BCUT2D eigenvalue weighted by molar-refractivity contribution is 5.77. The van der Waals surface area contributed by atoms with Gasteiger partial charge in [-0.2, -0.15) is 0 Å². The summed E-state index contributed by atoms with van der Waals surface area (Å²) in [7, 11) is 1.87. The maximum absolute atomic E-state index is 12.0. The lowest BCUT2D eigenvalue weighted by Crippen LogP contribution is -2.43. The van der Waals surface area contributed by atoms with Crippen LogP contribution in [-0.4, -0.2) is 41.5 Å². The first-order valence-corrected chi connectivity index (χ1v) is 6.07. The molecule has 0 bridgehead atoms. The lowest BCUT2D eigenvalue weighted by Gasteiger charge is -2.29. The maximum atomic E-state index is 12.0. The average Bonchev–Trinajstić information content (AvgIpc) is 2.48. The molecule has 2 rings (SSSR count). The summed E-state index contributed by atoms with van der Waals surface area (Å²) in [6, 6.07) is 10.5.